The number of ether oxygens (including phenoxy) is 2. The first kappa shape index (κ1) is 20.1. The van der Waals surface area contributed by atoms with Gasteiger partial charge in [-0.2, -0.15) is 0 Å². The van der Waals surface area contributed by atoms with Crippen molar-refractivity contribution in [2.75, 3.05) is 5.32 Å². The summed E-state index contributed by atoms with van der Waals surface area (Å²) in [5, 5.41) is 2.75. The van der Waals surface area contributed by atoms with Crippen LogP contribution in [0, 0.1) is 0 Å². The molecule has 0 spiro atoms. The summed E-state index contributed by atoms with van der Waals surface area (Å²) in [4.78, 5) is 24.6. The first-order valence-electron chi connectivity index (χ1n) is 9.49. The van der Waals surface area contributed by atoms with Crippen LogP contribution in [0.5, 0.6) is 11.5 Å². The molecule has 0 aliphatic rings. The molecule has 1 N–H and O–H groups in total. The van der Waals surface area contributed by atoms with Gasteiger partial charge in [0.15, 0.2) is 6.10 Å². The number of anilines is 1. The van der Waals surface area contributed by atoms with Crippen LogP contribution in [-0.4, -0.2) is 18.0 Å². The highest BCUT2D eigenvalue weighted by molar-refractivity contribution is 5.97. The second-order valence-corrected chi connectivity index (χ2v) is 6.53. The number of hydrogen-bond acceptors (Lipinski definition) is 4. The number of carbonyl (C=O) groups is 2. The molecule has 0 fully saturated rings. The summed E-state index contributed by atoms with van der Waals surface area (Å²) in [6, 6.07) is 23.5. The maximum absolute atomic E-state index is 12.3. The van der Waals surface area contributed by atoms with Crippen LogP contribution in [0.4, 0.5) is 5.69 Å². The monoisotopic (exact) mass is 389 g/mol. The van der Waals surface area contributed by atoms with Crippen LogP contribution in [0.3, 0.4) is 0 Å². The second-order valence-electron chi connectivity index (χ2n) is 6.53. The summed E-state index contributed by atoms with van der Waals surface area (Å²) in [5.41, 5.74) is 2.19. The maximum Gasteiger partial charge on any atom is 0.338 e. The van der Waals surface area contributed by atoms with Crippen molar-refractivity contribution < 1.29 is 19.1 Å². The standard InChI is InChI=1S/C24H23NO4/c1-3-18-9-13-20(14-10-18)25-23(26)17(2)28-24(27)19-11-15-22(16-12-19)29-21-7-5-4-6-8-21/h4-17H,3H2,1-2H3,(H,25,26)/t17-/m0/s1. The van der Waals surface area contributed by atoms with Gasteiger partial charge in [-0.05, 0) is 67.4 Å². The van der Waals surface area contributed by atoms with Crippen molar-refractivity contribution in [2.24, 2.45) is 0 Å². The highest BCUT2D eigenvalue weighted by Gasteiger charge is 2.19. The van der Waals surface area contributed by atoms with Crippen LogP contribution in [-0.2, 0) is 16.0 Å². The summed E-state index contributed by atoms with van der Waals surface area (Å²) in [7, 11) is 0. The molecular weight excluding hydrogens is 366 g/mol. The molecule has 0 saturated carbocycles. The first-order valence-corrected chi connectivity index (χ1v) is 9.49. The Labute approximate surface area is 170 Å². The number of esters is 1. The molecule has 3 rings (SSSR count). The third-order valence-corrected chi connectivity index (χ3v) is 4.35. The minimum Gasteiger partial charge on any atom is -0.457 e. The lowest BCUT2D eigenvalue weighted by molar-refractivity contribution is -0.123. The summed E-state index contributed by atoms with van der Waals surface area (Å²) in [5.74, 6) is 0.362. The molecule has 1 atom stereocenters. The average molecular weight is 389 g/mol. The van der Waals surface area contributed by atoms with Crippen LogP contribution in [0.25, 0.3) is 0 Å². The van der Waals surface area contributed by atoms with E-state index in [2.05, 4.69) is 12.2 Å². The molecule has 0 aliphatic heterocycles. The Balaban J connectivity index is 1.54. The molecular formula is C24H23NO4. The fourth-order valence-electron chi connectivity index (χ4n) is 2.63. The van der Waals surface area contributed by atoms with Gasteiger partial charge in [-0.3, -0.25) is 4.79 Å². The van der Waals surface area contributed by atoms with Gasteiger partial charge in [-0.25, -0.2) is 4.79 Å². The molecule has 0 heterocycles. The Morgan fingerprint density at radius 3 is 2.10 bits per heavy atom. The topological polar surface area (TPSA) is 64.6 Å². The Hall–Kier alpha value is -3.60. The number of rotatable bonds is 7. The van der Waals surface area contributed by atoms with Crippen LogP contribution >= 0.6 is 0 Å². The van der Waals surface area contributed by atoms with Crippen LogP contribution in [0.1, 0.15) is 29.8 Å². The molecule has 0 unspecified atom stereocenters. The molecule has 3 aromatic rings. The van der Waals surface area contributed by atoms with E-state index in [0.29, 0.717) is 22.7 Å². The van der Waals surface area contributed by atoms with Crippen LogP contribution in [0.2, 0.25) is 0 Å². The molecule has 0 radical (unpaired) electrons. The van der Waals surface area contributed by atoms with Crippen molar-refractivity contribution in [1.82, 2.24) is 0 Å². The highest BCUT2D eigenvalue weighted by atomic mass is 16.5. The van der Waals surface area contributed by atoms with Crippen LogP contribution < -0.4 is 10.1 Å². The predicted molar refractivity (Wildman–Crippen MR) is 112 cm³/mol. The number of nitrogens with one attached hydrogen (secondary N) is 1. The smallest absolute Gasteiger partial charge is 0.338 e. The Morgan fingerprint density at radius 2 is 1.48 bits per heavy atom. The Morgan fingerprint density at radius 1 is 0.862 bits per heavy atom. The Kier molecular flexibility index (Phi) is 6.63. The third kappa shape index (κ3) is 5.69. The van der Waals surface area contributed by atoms with Gasteiger partial charge in [0.1, 0.15) is 11.5 Å². The quantitative estimate of drug-likeness (QED) is 0.562. The van der Waals surface area contributed by atoms with Gasteiger partial charge in [0, 0.05) is 5.69 Å². The van der Waals surface area contributed by atoms with E-state index in [0.717, 1.165) is 6.42 Å². The molecule has 0 saturated heterocycles. The van der Waals surface area contributed by atoms with Gasteiger partial charge in [0.25, 0.3) is 5.91 Å². The largest absolute Gasteiger partial charge is 0.457 e. The van der Waals surface area contributed by atoms with Gasteiger partial charge in [0.2, 0.25) is 0 Å². The molecule has 5 nitrogen and oxygen atoms in total. The average Bonchev–Trinajstić information content (AvgIpc) is 2.75. The van der Waals surface area contributed by atoms with Crippen molar-refractivity contribution in [1.29, 1.82) is 0 Å². The lowest BCUT2D eigenvalue weighted by atomic mass is 10.1. The zero-order chi connectivity index (χ0) is 20.6. The highest BCUT2D eigenvalue weighted by Crippen LogP contribution is 2.21. The maximum atomic E-state index is 12.3. The Bertz CT molecular complexity index is 950. The van der Waals surface area contributed by atoms with E-state index in [1.54, 1.807) is 31.2 Å². The van der Waals surface area contributed by atoms with E-state index in [1.807, 2.05) is 54.6 Å². The van der Waals surface area contributed by atoms with E-state index in [4.69, 9.17) is 9.47 Å². The number of carbonyl (C=O) groups excluding carboxylic acids is 2. The first-order chi connectivity index (χ1) is 14.0. The minimum absolute atomic E-state index is 0.345. The molecule has 1 amide bonds. The minimum atomic E-state index is -0.923. The third-order valence-electron chi connectivity index (χ3n) is 4.35. The van der Waals surface area contributed by atoms with E-state index >= 15 is 0 Å². The normalized spacial score (nSPS) is 11.4. The van der Waals surface area contributed by atoms with Crippen LogP contribution in [0.15, 0.2) is 78.9 Å². The van der Waals surface area contributed by atoms with E-state index in [1.165, 1.54) is 5.56 Å². The van der Waals surface area contributed by atoms with E-state index < -0.39 is 12.1 Å². The molecule has 0 bridgehead atoms. The van der Waals surface area contributed by atoms with Gasteiger partial charge in [-0.15, -0.1) is 0 Å². The van der Waals surface area contributed by atoms with Crippen molar-refractivity contribution in [3.63, 3.8) is 0 Å². The SMILES string of the molecule is CCc1ccc(NC(=O)[C@H](C)OC(=O)c2ccc(Oc3ccccc3)cc2)cc1. The van der Waals surface area contributed by atoms with Crippen molar-refractivity contribution in [2.45, 2.75) is 26.4 Å². The zero-order valence-corrected chi connectivity index (χ0v) is 16.4. The lowest BCUT2D eigenvalue weighted by Gasteiger charge is -2.14. The van der Waals surface area contributed by atoms with Crippen molar-refractivity contribution in [3.8, 4) is 11.5 Å². The van der Waals surface area contributed by atoms with Gasteiger partial charge in [0.05, 0.1) is 5.56 Å². The summed E-state index contributed by atoms with van der Waals surface area (Å²) in [6.07, 6.45) is 0.00540. The summed E-state index contributed by atoms with van der Waals surface area (Å²) >= 11 is 0. The number of amides is 1. The predicted octanol–water partition coefficient (Wildman–Crippen LogP) is 5.23. The van der Waals surface area contributed by atoms with Gasteiger partial charge < -0.3 is 14.8 Å². The molecule has 5 heteroatoms. The number of para-hydroxylation sites is 1. The molecule has 0 aliphatic carbocycles. The van der Waals surface area contributed by atoms with E-state index in [9.17, 15) is 9.59 Å². The zero-order valence-electron chi connectivity index (χ0n) is 16.4. The van der Waals surface area contributed by atoms with Gasteiger partial charge >= 0.3 is 5.97 Å². The summed E-state index contributed by atoms with van der Waals surface area (Å²) in [6.45, 7) is 3.61. The molecule has 148 valence electrons. The molecule has 29 heavy (non-hydrogen) atoms. The second kappa shape index (κ2) is 9.55. The number of aryl methyl sites for hydroxylation is 1. The molecule has 3 aromatic carbocycles. The number of benzene rings is 3. The fourth-order valence-corrected chi connectivity index (χ4v) is 2.63. The summed E-state index contributed by atoms with van der Waals surface area (Å²) < 4.78 is 11.0. The fraction of sp³-hybridized carbons (Fsp3) is 0.167. The number of hydrogen-bond donors (Lipinski definition) is 1. The molecule has 0 aromatic heterocycles. The van der Waals surface area contributed by atoms with Gasteiger partial charge in [-0.1, -0.05) is 37.3 Å². The van der Waals surface area contributed by atoms with Crippen molar-refractivity contribution in [3.05, 3.63) is 90.0 Å². The lowest BCUT2D eigenvalue weighted by Crippen LogP contribution is -2.30. The van der Waals surface area contributed by atoms with E-state index in [-0.39, 0.29) is 5.91 Å². The van der Waals surface area contributed by atoms with Crippen molar-refractivity contribution >= 4 is 17.6 Å².